The molecule has 0 spiro atoms. The molecule has 0 heterocycles. The highest BCUT2D eigenvalue weighted by Crippen LogP contribution is 2.10. The van der Waals surface area contributed by atoms with E-state index in [1.807, 2.05) is 19.1 Å². The maximum Gasteiger partial charge on any atom is 0.337 e. The zero-order valence-electron chi connectivity index (χ0n) is 15.3. The van der Waals surface area contributed by atoms with Crippen LogP contribution in [0.2, 0.25) is 0 Å². The van der Waals surface area contributed by atoms with Crippen LogP contribution in [0.25, 0.3) is 0 Å². The van der Waals surface area contributed by atoms with Gasteiger partial charge in [-0.05, 0) is 55.5 Å². The number of rotatable bonds is 5. The zero-order valence-corrected chi connectivity index (χ0v) is 16.1. The topological polar surface area (TPSA) is 106 Å². The molecule has 146 valence electrons. The first-order valence-corrected chi connectivity index (χ1v) is 8.58. The first kappa shape index (κ1) is 20.8. The van der Waals surface area contributed by atoms with Crippen LogP contribution < -0.4 is 20.9 Å². The number of hydrazine groups is 1. The van der Waals surface area contributed by atoms with Crippen LogP contribution in [0.1, 0.15) is 26.3 Å². The van der Waals surface area contributed by atoms with Gasteiger partial charge in [0.25, 0.3) is 11.8 Å². The molecule has 0 aliphatic rings. The van der Waals surface area contributed by atoms with Gasteiger partial charge in [-0.3, -0.25) is 25.8 Å². The fourth-order valence-corrected chi connectivity index (χ4v) is 2.17. The highest BCUT2D eigenvalue weighted by atomic mass is 32.1. The summed E-state index contributed by atoms with van der Waals surface area (Å²) < 4.78 is 9.91. The molecule has 28 heavy (non-hydrogen) atoms. The van der Waals surface area contributed by atoms with Gasteiger partial charge in [0.1, 0.15) is 5.75 Å². The van der Waals surface area contributed by atoms with Crippen molar-refractivity contribution in [2.75, 3.05) is 13.7 Å². The van der Waals surface area contributed by atoms with Gasteiger partial charge < -0.3 is 9.47 Å². The van der Waals surface area contributed by atoms with Crippen LogP contribution in [0.5, 0.6) is 5.75 Å². The van der Waals surface area contributed by atoms with Crippen LogP contribution in [0.3, 0.4) is 0 Å². The standard InChI is InChI=1S/C19H19N3O5S/c1-12-3-9-15(10-4-12)27-11-16(23)21-22-19(28)20-17(24)13-5-7-14(8-6-13)18(25)26-2/h3-10H,11H2,1-2H3,(H,21,23)(H2,20,22,24,28). The fraction of sp³-hybridized carbons (Fsp3) is 0.158. The number of carbonyl (C=O) groups excluding carboxylic acids is 3. The molecule has 0 saturated carbocycles. The van der Waals surface area contributed by atoms with E-state index in [9.17, 15) is 14.4 Å². The number of hydrogen-bond acceptors (Lipinski definition) is 6. The summed E-state index contributed by atoms with van der Waals surface area (Å²) in [5.41, 5.74) is 6.42. The van der Waals surface area contributed by atoms with Crippen molar-refractivity contribution in [2.45, 2.75) is 6.92 Å². The van der Waals surface area contributed by atoms with Crippen molar-refractivity contribution in [3.8, 4) is 5.75 Å². The molecule has 2 rings (SSSR count). The number of amides is 2. The third-order valence-corrected chi connectivity index (χ3v) is 3.71. The molecular formula is C19H19N3O5S. The Morgan fingerprint density at radius 1 is 0.929 bits per heavy atom. The summed E-state index contributed by atoms with van der Waals surface area (Å²) in [6.07, 6.45) is 0. The summed E-state index contributed by atoms with van der Waals surface area (Å²) in [7, 11) is 1.27. The van der Waals surface area contributed by atoms with Crippen molar-refractivity contribution in [3.05, 3.63) is 65.2 Å². The molecule has 3 N–H and O–H groups in total. The molecule has 0 aliphatic heterocycles. The lowest BCUT2D eigenvalue weighted by Gasteiger charge is -2.11. The molecule has 2 aromatic carbocycles. The maximum absolute atomic E-state index is 12.1. The van der Waals surface area contributed by atoms with Crippen molar-refractivity contribution in [1.82, 2.24) is 16.2 Å². The number of nitrogens with one attached hydrogen (secondary N) is 3. The molecule has 0 fully saturated rings. The number of thiocarbonyl (C=S) groups is 1. The summed E-state index contributed by atoms with van der Waals surface area (Å²) in [6.45, 7) is 1.73. The molecule has 0 bridgehead atoms. The Morgan fingerprint density at radius 2 is 1.54 bits per heavy atom. The van der Waals surface area contributed by atoms with E-state index >= 15 is 0 Å². The number of hydrogen-bond donors (Lipinski definition) is 3. The van der Waals surface area contributed by atoms with Crippen LogP contribution in [0.15, 0.2) is 48.5 Å². The van der Waals surface area contributed by atoms with E-state index in [4.69, 9.17) is 17.0 Å². The first-order valence-electron chi connectivity index (χ1n) is 8.17. The van der Waals surface area contributed by atoms with E-state index in [0.717, 1.165) is 5.56 Å². The van der Waals surface area contributed by atoms with Crippen molar-refractivity contribution >= 4 is 35.1 Å². The van der Waals surface area contributed by atoms with E-state index in [1.165, 1.54) is 31.4 Å². The van der Waals surface area contributed by atoms with Gasteiger partial charge in [0.05, 0.1) is 12.7 Å². The molecule has 0 aromatic heterocycles. The summed E-state index contributed by atoms with van der Waals surface area (Å²) in [4.78, 5) is 35.2. The van der Waals surface area contributed by atoms with E-state index in [2.05, 4.69) is 20.9 Å². The summed E-state index contributed by atoms with van der Waals surface area (Å²) in [6, 6.07) is 13.1. The average molecular weight is 401 g/mol. The van der Waals surface area contributed by atoms with E-state index in [1.54, 1.807) is 12.1 Å². The fourth-order valence-electron chi connectivity index (χ4n) is 2.03. The molecule has 8 nitrogen and oxygen atoms in total. The number of benzene rings is 2. The number of methoxy groups -OCH3 is 1. The molecule has 2 aromatic rings. The van der Waals surface area contributed by atoms with Crippen molar-refractivity contribution in [3.63, 3.8) is 0 Å². The van der Waals surface area contributed by atoms with E-state index < -0.39 is 17.8 Å². The molecule has 2 amide bonds. The highest BCUT2D eigenvalue weighted by Gasteiger charge is 2.11. The molecule has 0 radical (unpaired) electrons. The second-order valence-electron chi connectivity index (χ2n) is 5.63. The Morgan fingerprint density at radius 3 is 2.14 bits per heavy atom. The van der Waals surface area contributed by atoms with Crippen molar-refractivity contribution in [2.24, 2.45) is 0 Å². The lowest BCUT2D eigenvalue weighted by atomic mass is 10.1. The minimum absolute atomic E-state index is 0.0919. The van der Waals surface area contributed by atoms with Crippen LogP contribution in [0.4, 0.5) is 0 Å². The minimum atomic E-state index is -0.501. The smallest absolute Gasteiger partial charge is 0.337 e. The Balaban J connectivity index is 1.75. The number of carbonyl (C=O) groups is 3. The summed E-state index contributed by atoms with van der Waals surface area (Å²) in [5, 5.41) is 2.31. The zero-order chi connectivity index (χ0) is 20.5. The molecule has 0 aliphatic carbocycles. The second-order valence-corrected chi connectivity index (χ2v) is 6.04. The van der Waals surface area contributed by atoms with Gasteiger partial charge in [0, 0.05) is 5.56 Å². The third-order valence-electron chi connectivity index (χ3n) is 3.50. The quantitative estimate of drug-likeness (QED) is 0.396. The lowest BCUT2D eigenvalue weighted by Crippen LogP contribution is -2.49. The highest BCUT2D eigenvalue weighted by molar-refractivity contribution is 7.80. The average Bonchev–Trinajstić information content (AvgIpc) is 2.71. The van der Waals surface area contributed by atoms with Crippen LogP contribution >= 0.6 is 12.2 Å². The Kier molecular flexibility index (Phi) is 7.46. The van der Waals surface area contributed by atoms with Gasteiger partial charge in [-0.25, -0.2) is 4.79 Å². The summed E-state index contributed by atoms with van der Waals surface area (Å²) >= 11 is 4.95. The number of aryl methyl sites for hydroxylation is 1. The second kappa shape index (κ2) is 10.0. The Bertz CT molecular complexity index is 866. The normalized spacial score (nSPS) is 9.79. The molecule has 0 saturated heterocycles. The van der Waals surface area contributed by atoms with Gasteiger partial charge in [-0.1, -0.05) is 17.7 Å². The third kappa shape index (κ3) is 6.36. The SMILES string of the molecule is COC(=O)c1ccc(C(=O)NC(=S)NNC(=O)COc2ccc(C)cc2)cc1. The predicted octanol–water partition coefficient (Wildman–Crippen LogP) is 1.50. The van der Waals surface area contributed by atoms with Crippen LogP contribution in [-0.4, -0.2) is 36.6 Å². The Hall–Kier alpha value is -3.46. The number of ether oxygens (including phenoxy) is 2. The first-order chi connectivity index (χ1) is 13.4. The van der Waals surface area contributed by atoms with Gasteiger partial charge in [-0.2, -0.15) is 0 Å². The van der Waals surface area contributed by atoms with E-state index in [-0.39, 0.29) is 17.3 Å². The van der Waals surface area contributed by atoms with Crippen molar-refractivity contribution in [1.29, 1.82) is 0 Å². The van der Waals surface area contributed by atoms with Crippen LogP contribution in [0, 0.1) is 6.92 Å². The minimum Gasteiger partial charge on any atom is -0.484 e. The largest absolute Gasteiger partial charge is 0.484 e. The van der Waals surface area contributed by atoms with E-state index in [0.29, 0.717) is 11.3 Å². The molecule has 9 heteroatoms. The lowest BCUT2D eigenvalue weighted by molar-refractivity contribution is -0.123. The van der Waals surface area contributed by atoms with Gasteiger partial charge >= 0.3 is 5.97 Å². The van der Waals surface area contributed by atoms with Gasteiger partial charge in [0.2, 0.25) is 0 Å². The Labute approximate surface area is 167 Å². The molecular weight excluding hydrogens is 382 g/mol. The molecule has 0 atom stereocenters. The predicted molar refractivity (Wildman–Crippen MR) is 106 cm³/mol. The monoisotopic (exact) mass is 401 g/mol. The van der Waals surface area contributed by atoms with Crippen LogP contribution in [-0.2, 0) is 9.53 Å². The molecule has 0 unspecified atom stereocenters. The van der Waals surface area contributed by atoms with Crippen molar-refractivity contribution < 1.29 is 23.9 Å². The maximum atomic E-state index is 12.1. The van der Waals surface area contributed by atoms with Gasteiger partial charge in [0.15, 0.2) is 11.7 Å². The number of esters is 1. The summed E-state index contributed by atoms with van der Waals surface area (Å²) in [5.74, 6) is -0.912. The van der Waals surface area contributed by atoms with Gasteiger partial charge in [-0.15, -0.1) is 0 Å².